The largest absolute Gasteiger partial charge is 0.494 e. The quantitative estimate of drug-likeness (QED) is 0.845. The number of carbonyl (C=O) groups is 1. The highest BCUT2D eigenvalue weighted by molar-refractivity contribution is 5.78. The van der Waals surface area contributed by atoms with Gasteiger partial charge in [0.1, 0.15) is 12.2 Å². The van der Waals surface area contributed by atoms with Crippen molar-refractivity contribution in [1.82, 2.24) is 5.32 Å². The van der Waals surface area contributed by atoms with E-state index in [-0.39, 0.29) is 18.4 Å². The van der Waals surface area contributed by atoms with Crippen molar-refractivity contribution < 1.29 is 9.53 Å². The van der Waals surface area contributed by atoms with Gasteiger partial charge in [-0.15, -0.1) is 0 Å². The molecule has 0 fully saturated rings. The molecule has 124 valence electrons. The smallest absolute Gasteiger partial charge is 0.234 e. The zero-order valence-corrected chi connectivity index (χ0v) is 14.1. The highest BCUT2D eigenvalue weighted by Crippen LogP contribution is 2.23. The van der Waals surface area contributed by atoms with Gasteiger partial charge >= 0.3 is 0 Å². The summed E-state index contributed by atoms with van der Waals surface area (Å²) in [5.41, 5.74) is 3.43. The maximum absolute atomic E-state index is 11.4. The maximum Gasteiger partial charge on any atom is 0.234 e. The molecule has 4 nitrogen and oxygen atoms in total. The normalized spacial score (nSPS) is 11.4. The lowest BCUT2D eigenvalue weighted by molar-refractivity contribution is -0.120. The first-order valence-electron chi connectivity index (χ1n) is 8.11. The van der Waals surface area contributed by atoms with Crippen LogP contribution in [0.3, 0.4) is 0 Å². The molecule has 0 aliphatic rings. The second-order valence-electron chi connectivity index (χ2n) is 5.66. The molecule has 2 aromatic carbocycles. The van der Waals surface area contributed by atoms with Gasteiger partial charge in [-0.1, -0.05) is 36.4 Å². The molecular weight excluding hydrogens is 300 g/mol. The molecular formula is C20H22N2O2. The van der Waals surface area contributed by atoms with Crippen LogP contribution in [0.1, 0.15) is 25.8 Å². The second kappa shape index (κ2) is 8.73. The van der Waals surface area contributed by atoms with Crippen LogP contribution in [0.2, 0.25) is 0 Å². The SMILES string of the molecule is CCOc1ccc(-c2ccc(CC(C)NC(=O)CC#N)cc2)cc1. The van der Waals surface area contributed by atoms with E-state index >= 15 is 0 Å². The van der Waals surface area contributed by atoms with Gasteiger partial charge in [0, 0.05) is 6.04 Å². The summed E-state index contributed by atoms with van der Waals surface area (Å²) < 4.78 is 5.45. The van der Waals surface area contributed by atoms with Crippen LogP contribution in [-0.2, 0) is 11.2 Å². The van der Waals surface area contributed by atoms with Crippen LogP contribution >= 0.6 is 0 Å². The van der Waals surface area contributed by atoms with E-state index in [2.05, 4.69) is 29.6 Å². The average Bonchev–Trinajstić information content (AvgIpc) is 2.57. The average molecular weight is 322 g/mol. The highest BCUT2D eigenvalue weighted by atomic mass is 16.5. The van der Waals surface area contributed by atoms with Crippen LogP contribution in [0, 0.1) is 11.3 Å². The summed E-state index contributed by atoms with van der Waals surface area (Å²) in [6.45, 7) is 4.57. The van der Waals surface area contributed by atoms with E-state index in [4.69, 9.17) is 10.00 Å². The third-order valence-electron chi connectivity index (χ3n) is 3.64. The van der Waals surface area contributed by atoms with E-state index in [9.17, 15) is 4.79 Å². The molecule has 2 rings (SSSR count). The summed E-state index contributed by atoms with van der Waals surface area (Å²) in [5.74, 6) is 0.649. The van der Waals surface area contributed by atoms with Crippen LogP contribution in [0.15, 0.2) is 48.5 Å². The number of ether oxygens (including phenoxy) is 1. The third-order valence-corrected chi connectivity index (χ3v) is 3.64. The number of nitrogens with zero attached hydrogens (tertiary/aromatic N) is 1. The van der Waals surface area contributed by atoms with Crippen molar-refractivity contribution in [2.45, 2.75) is 32.7 Å². The molecule has 2 aromatic rings. The molecule has 0 aliphatic carbocycles. The molecule has 0 bridgehead atoms. The number of benzene rings is 2. The standard InChI is InChI=1S/C20H22N2O2/c1-3-24-19-10-8-18(9-11-19)17-6-4-16(5-7-17)14-15(2)22-20(23)12-13-21/h4-11,15H,3,12,14H2,1-2H3,(H,22,23). The molecule has 1 unspecified atom stereocenters. The summed E-state index contributed by atoms with van der Waals surface area (Å²) in [5, 5.41) is 11.3. The Hall–Kier alpha value is -2.80. The number of rotatable bonds is 7. The Balaban J connectivity index is 1.97. The van der Waals surface area contributed by atoms with Gasteiger partial charge in [-0.05, 0) is 49.1 Å². The van der Waals surface area contributed by atoms with Crippen molar-refractivity contribution >= 4 is 5.91 Å². The molecule has 0 aliphatic heterocycles. The minimum Gasteiger partial charge on any atom is -0.494 e. The van der Waals surface area contributed by atoms with E-state index in [0.717, 1.165) is 28.9 Å². The zero-order chi connectivity index (χ0) is 17.4. The number of amides is 1. The van der Waals surface area contributed by atoms with Crippen LogP contribution in [0.5, 0.6) is 5.75 Å². The molecule has 0 aromatic heterocycles. The summed E-state index contributed by atoms with van der Waals surface area (Å²) in [6.07, 6.45) is 0.641. The lowest BCUT2D eigenvalue weighted by Gasteiger charge is -2.13. The zero-order valence-electron chi connectivity index (χ0n) is 14.1. The first kappa shape index (κ1) is 17.6. The van der Waals surface area contributed by atoms with Crippen molar-refractivity contribution in [3.8, 4) is 22.9 Å². The van der Waals surface area contributed by atoms with Crippen molar-refractivity contribution in [2.24, 2.45) is 0 Å². The van der Waals surface area contributed by atoms with E-state index in [1.807, 2.05) is 44.2 Å². The fourth-order valence-corrected chi connectivity index (χ4v) is 2.55. The number of nitriles is 1. The van der Waals surface area contributed by atoms with Gasteiger partial charge in [-0.25, -0.2) is 0 Å². The summed E-state index contributed by atoms with van der Waals surface area (Å²) in [6, 6.07) is 18.2. The molecule has 0 radical (unpaired) electrons. The first-order valence-corrected chi connectivity index (χ1v) is 8.11. The molecule has 1 amide bonds. The van der Waals surface area contributed by atoms with Gasteiger partial charge < -0.3 is 10.1 Å². The van der Waals surface area contributed by atoms with Crippen molar-refractivity contribution in [3.05, 3.63) is 54.1 Å². The maximum atomic E-state index is 11.4. The lowest BCUT2D eigenvalue weighted by Crippen LogP contribution is -2.33. The van der Waals surface area contributed by atoms with Crippen LogP contribution in [0.4, 0.5) is 0 Å². The predicted octanol–water partition coefficient (Wildman–Crippen LogP) is 3.71. The van der Waals surface area contributed by atoms with Gasteiger partial charge in [-0.3, -0.25) is 4.79 Å². The Labute approximate surface area is 143 Å². The van der Waals surface area contributed by atoms with Crippen molar-refractivity contribution in [1.29, 1.82) is 5.26 Å². The van der Waals surface area contributed by atoms with Gasteiger partial charge in [0.05, 0.1) is 12.7 Å². The van der Waals surface area contributed by atoms with E-state index < -0.39 is 0 Å². The first-order chi connectivity index (χ1) is 11.6. The van der Waals surface area contributed by atoms with Gasteiger partial charge in [0.15, 0.2) is 0 Å². The second-order valence-corrected chi connectivity index (χ2v) is 5.66. The van der Waals surface area contributed by atoms with E-state index in [0.29, 0.717) is 6.61 Å². The van der Waals surface area contributed by atoms with Crippen molar-refractivity contribution in [2.75, 3.05) is 6.61 Å². The topological polar surface area (TPSA) is 62.1 Å². The van der Waals surface area contributed by atoms with Gasteiger partial charge in [-0.2, -0.15) is 5.26 Å². The number of hydrogen-bond acceptors (Lipinski definition) is 3. The van der Waals surface area contributed by atoms with Crippen molar-refractivity contribution in [3.63, 3.8) is 0 Å². The summed E-state index contributed by atoms with van der Waals surface area (Å²) in [4.78, 5) is 11.4. The highest BCUT2D eigenvalue weighted by Gasteiger charge is 2.08. The fraction of sp³-hybridized carbons (Fsp3) is 0.300. The molecule has 1 N–H and O–H groups in total. The Bertz CT molecular complexity index is 700. The Morgan fingerprint density at radius 1 is 1.12 bits per heavy atom. The van der Waals surface area contributed by atoms with Crippen LogP contribution < -0.4 is 10.1 Å². The Kier molecular flexibility index (Phi) is 6.39. The number of hydrogen-bond donors (Lipinski definition) is 1. The van der Waals surface area contributed by atoms with E-state index in [1.165, 1.54) is 0 Å². The van der Waals surface area contributed by atoms with Gasteiger partial charge in [0.2, 0.25) is 5.91 Å². The Morgan fingerprint density at radius 2 is 1.71 bits per heavy atom. The minimum absolute atomic E-state index is 0.00201. The summed E-state index contributed by atoms with van der Waals surface area (Å²) in [7, 11) is 0. The lowest BCUT2D eigenvalue weighted by atomic mass is 10.0. The van der Waals surface area contributed by atoms with Crippen LogP contribution in [-0.4, -0.2) is 18.6 Å². The monoisotopic (exact) mass is 322 g/mol. The number of carbonyl (C=O) groups excluding carboxylic acids is 1. The predicted molar refractivity (Wildman–Crippen MR) is 94.6 cm³/mol. The number of nitrogens with one attached hydrogen (secondary N) is 1. The fourth-order valence-electron chi connectivity index (χ4n) is 2.55. The third kappa shape index (κ3) is 5.13. The molecule has 0 heterocycles. The van der Waals surface area contributed by atoms with Gasteiger partial charge in [0.25, 0.3) is 0 Å². The summed E-state index contributed by atoms with van der Waals surface area (Å²) >= 11 is 0. The molecule has 0 saturated heterocycles. The molecule has 24 heavy (non-hydrogen) atoms. The molecule has 4 heteroatoms. The minimum atomic E-state index is -0.226. The van der Waals surface area contributed by atoms with Crippen LogP contribution in [0.25, 0.3) is 11.1 Å². The van der Waals surface area contributed by atoms with E-state index in [1.54, 1.807) is 0 Å². The molecule has 1 atom stereocenters. The Morgan fingerprint density at radius 3 is 2.25 bits per heavy atom. The molecule has 0 saturated carbocycles. The molecule has 0 spiro atoms.